The molecule has 2 nitrogen and oxygen atoms in total. The summed E-state index contributed by atoms with van der Waals surface area (Å²) in [5, 5.41) is 4.34. The van der Waals surface area contributed by atoms with Crippen LogP contribution in [0.2, 0.25) is 0 Å². The first-order chi connectivity index (χ1) is 8.42. The summed E-state index contributed by atoms with van der Waals surface area (Å²) in [4.78, 5) is 9.16. The van der Waals surface area contributed by atoms with Gasteiger partial charge >= 0.3 is 0 Å². The number of fused-ring (bicyclic) bond motifs is 3. The van der Waals surface area contributed by atoms with E-state index in [2.05, 4.69) is 28.5 Å². The molecule has 0 fully saturated rings. The minimum Gasteiger partial charge on any atom is -0.228 e. The van der Waals surface area contributed by atoms with Crippen molar-refractivity contribution in [2.24, 2.45) is 4.99 Å². The van der Waals surface area contributed by atoms with Crippen LogP contribution >= 0.6 is 0 Å². The molecule has 1 aliphatic heterocycles. The van der Waals surface area contributed by atoms with E-state index in [1.54, 1.807) is 0 Å². The summed E-state index contributed by atoms with van der Waals surface area (Å²) < 4.78 is 0. The lowest BCUT2D eigenvalue weighted by atomic mass is 10.1. The van der Waals surface area contributed by atoms with E-state index in [0.29, 0.717) is 0 Å². The number of rotatable bonds is 0. The Bertz CT molecular complexity index is 861. The quantitative estimate of drug-likeness (QED) is 0.560. The van der Waals surface area contributed by atoms with Gasteiger partial charge in [0.2, 0.25) is 0 Å². The highest BCUT2D eigenvalue weighted by atomic mass is 14.9. The van der Waals surface area contributed by atoms with Crippen molar-refractivity contribution in [3.05, 3.63) is 75.6 Å². The predicted octanol–water partition coefficient (Wildman–Crippen LogP) is 1.54. The second-order valence-corrected chi connectivity index (χ2v) is 4.18. The van der Waals surface area contributed by atoms with Crippen molar-refractivity contribution in [1.82, 2.24) is 4.98 Å². The molecule has 0 saturated heterocycles. The molecule has 2 heteroatoms. The van der Waals surface area contributed by atoms with Gasteiger partial charge in [-0.05, 0) is 23.8 Å². The number of aromatic nitrogens is 1. The zero-order valence-corrected chi connectivity index (χ0v) is 9.09. The fourth-order valence-electron chi connectivity index (χ4n) is 2.30. The van der Waals surface area contributed by atoms with E-state index in [9.17, 15) is 0 Å². The van der Waals surface area contributed by atoms with E-state index in [-0.39, 0.29) is 0 Å². The summed E-state index contributed by atoms with van der Waals surface area (Å²) in [5.74, 6) is 0.838. The molecule has 79 valence electrons. The van der Waals surface area contributed by atoms with Gasteiger partial charge in [0.05, 0.1) is 10.7 Å². The van der Waals surface area contributed by atoms with Crippen molar-refractivity contribution in [3.63, 3.8) is 0 Å². The average molecular weight is 217 g/mol. The summed E-state index contributed by atoms with van der Waals surface area (Å²) >= 11 is 0. The maximum Gasteiger partial charge on any atom is 0.161 e. The lowest BCUT2D eigenvalue weighted by Gasteiger charge is -2.02. The van der Waals surface area contributed by atoms with Gasteiger partial charge < -0.3 is 0 Å². The van der Waals surface area contributed by atoms with Crippen molar-refractivity contribution < 1.29 is 0 Å². The molecule has 0 bridgehead atoms. The Hall–Kier alpha value is -2.22. The Balaban J connectivity index is 2.24. The summed E-state index contributed by atoms with van der Waals surface area (Å²) in [6.07, 6.45) is 8.15. The van der Waals surface area contributed by atoms with Gasteiger partial charge in [-0.3, -0.25) is 0 Å². The molecule has 2 aliphatic rings. The molecular formula is C15H9N2. The van der Waals surface area contributed by atoms with E-state index in [0.717, 1.165) is 27.3 Å². The van der Waals surface area contributed by atoms with E-state index < -0.39 is 0 Å². The Kier molecular flexibility index (Phi) is 1.64. The summed E-state index contributed by atoms with van der Waals surface area (Å²) in [6.45, 7) is 0. The number of nitrogens with zero attached hydrogens (tertiary/aromatic N) is 2. The lowest BCUT2D eigenvalue weighted by molar-refractivity contribution is 1.16. The van der Waals surface area contributed by atoms with Crippen LogP contribution in [0, 0.1) is 16.9 Å². The van der Waals surface area contributed by atoms with Gasteiger partial charge in [-0.15, -0.1) is 0 Å². The highest BCUT2D eigenvalue weighted by Crippen LogP contribution is 2.15. The third-order valence-electron chi connectivity index (χ3n) is 3.12. The van der Waals surface area contributed by atoms with Crippen LogP contribution in [-0.2, 0) is 0 Å². The van der Waals surface area contributed by atoms with Crippen LogP contribution in [0.15, 0.2) is 47.5 Å². The SMILES string of the molecule is [CH]1C=CC=c2nc3c(cc21)=c1ccccc1=N3. The topological polar surface area (TPSA) is 25.2 Å². The molecule has 0 atom stereocenters. The van der Waals surface area contributed by atoms with Crippen molar-refractivity contribution in [3.8, 4) is 0 Å². The van der Waals surface area contributed by atoms with E-state index >= 15 is 0 Å². The van der Waals surface area contributed by atoms with E-state index in [4.69, 9.17) is 0 Å². The first-order valence-electron chi connectivity index (χ1n) is 5.63. The fourth-order valence-corrected chi connectivity index (χ4v) is 2.30. The Morgan fingerprint density at radius 3 is 2.88 bits per heavy atom. The third-order valence-corrected chi connectivity index (χ3v) is 3.12. The molecule has 1 aromatic carbocycles. The molecule has 0 amide bonds. The number of hydrogen-bond acceptors (Lipinski definition) is 2. The molecule has 2 aromatic rings. The Morgan fingerprint density at radius 2 is 1.88 bits per heavy atom. The minimum absolute atomic E-state index is 0.838. The van der Waals surface area contributed by atoms with Gasteiger partial charge in [0.25, 0.3) is 0 Å². The number of hydrogen-bond donors (Lipinski definition) is 0. The van der Waals surface area contributed by atoms with Gasteiger partial charge in [-0.2, -0.15) is 0 Å². The molecule has 1 radical (unpaired) electrons. The first kappa shape index (κ1) is 8.88. The van der Waals surface area contributed by atoms with Gasteiger partial charge in [0.15, 0.2) is 5.82 Å². The fraction of sp³-hybridized carbons (Fsp3) is 0. The average Bonchev–Trinajstić information content (AvgIpc) is 2.73. The second kappa shape index (κ2) is 3.14. The highest BCUT2D eigenvalue weighted by Gasteiger charge is 2.08. The molecule has 0 spiro atoms. The van der Waals surface area contributed by atoms with Crippen LogP contribution in [0.1, 0.15) is 5.56 Å². The zero-order valence-electron chi connectivity index (χ0n) is 9.09. The number of para-hydroxylation sites is 1. The van der Waals surface area contributed by atoms with Crippen LogP contribution in [-0.4, -0.2) is 4.98 Å². The molecule has 17 heavy (non-hydrogen) atoms. The number of allylic oxidation sites excluding steroid dienone is 2. The van der Waals surface area contributed by atoms with Crippen LogP contribution < -0.4 is 10.7 Å². The molecule has 1 aliphatic carbocycles. The molecule has 0 unspecified atom stereocenters. The highest BCUT2D eigenvalue weighted by molar-refractivity contribution is 5.50. The molecule has 1 aromatic heterocycles. The maximum atomic E-state index is 4.60. The van der Waals surface area contributed by atoms with Gasteiger partial charge in [-0.25, -0.2) is 9.98 Å². The molecule has 4 rings (SSSR count). The first-order valence-corrected chi connectivity index (χ1v) is 5.63. The summed E-state index contributed by atoms with van der Waals surface area (Å²) in [7, 11) is 0. The summed E-state index contributed by atoms with van der Waals surface area (Å²) in [6, 6.07) is 10.3. The largest absolute Gasteiger partial charge is 0.228 e. The molecule has 0 N–H and O–H groups in total. The monoisotopic (exact) mass is 217 g/mol. The lowest BCUT2D eigenvalue weighted by Crippen LogP contribution is -2.13. The molecule has 2 heterocycles. The van der Waals surface area contributed by atoms with Crippen molar-refractivity contribution in [1.29, 1.82) is 0 Å². The van der Waals surface area contributed by atoms with Gasteiger partial charge in [0.1, 0.15) is 0 Å². The van der Waals surface area contributed by atoms with Crippen LogP contribution in [0.5, 0.6) is 0 Å². The van der Waals surface area contributed by atoms with Crippen LogP contribution in [0.25, 0.3) is 6.08 Å². The smallest absolute Gasteiger partial charge is 0.161 e. The van der Waals surface area contributed by atoms with Gasteiger partial charge in [0, 0.05) is 16.9 Å². The van der Waals surface area contributed by atoms with Crippen LogP contribution in [0.3, 0.4) is 0 Å². The van der Waals surface area contributed by atoms with E-state index in [1.165, 1.54) is 5.22 Å². The third kappa shape index (κ3) is 1.21. The van der Waals surface area contributed by atoms with Crippen molar-refractivity contribution in [2.75, 3.05) is 0 Å². The standard InChI is InChI=1S/C15H9N2/c1-3-7-13-10(5-1)9-12-11-6-2-4-8-14(11)17-15(12)16-13/h1-9H. The van der Waals surface area contributed by atoms with Crippen molar-refractivity contribution in [2.45, 2.75) is 0 Å². The predicted molar refractivity (Wildman–Crippen MR) is 65.8 cm³/mol. The maximum absolute atomic E-state index is 4.60. The summed E-state index contributed by atoms with van der Waals surface area (Å²) in [5.41, 5.74) is 1.16. The van der Waals surface area contributed by atoms with Crippen molar-refractivity contribution >= 4 is 11.9 Å². The normalized spacial score (nSPS) is 14.4. The second-order valence-electron chi connectivity index (χ2n) is 4.18. The Morgan fingerprint density at radius 1 is 0.941 bits per heavy atom. The van der Waals surface area contributed by atoms with Crippen LogP contribution in [0.4, 0.5) is 5.82 Å². The van der Waals surface area contributed by atoms with E-state index in [1.807, 2.05) is 36.4 Å². The number of pyridine rings is 1. The van der Waals surface area contributed by atoms with Gasteiger partial charge in [-0.1, -0.05) is 30.4 Å². The minimum atomic E-state index is 0.838. The molecule has 0 saturated carbocycles. The molecular weight excluding hydrogens is 208 g/mol. The Labute approximate surface area is 98.0 Å². The zero-order chi connectivity index (χ0) is 11.2. The number of benzene rings is 1.